The number of hydrogen-bond donors (Lipinski definition) is 0. The van der Waals surface area contributed by atoms with Gasteiger partial charge in [-0.1, -0.05) is 54.9 Å². The fraction of sp³-hybridized carbons (Fsp3) is 0.310. The molecular formula is C29H30ClN3O3S. The number of piperazine rings is 1. The van der Waals surface area contributed by atoms with E-state index in [9.17, 15) is 9.59 Å². The van der Waals surface area contributed by atoms with Crippen LogP contribution >= 0.6 is 23.4 Å². The van der Waals surface area contributed by atoms with Crippen molar-refractivity contribution in [3.05, 3.63) is 83.4 Å². The molecule has 37 heavy (non-hydrogen) atoms. The smallest absolute Gasteiger partial charge is 0.241 e. The van der Waals surface area contributed by atoms with Gasteiger partial charge in [0.05, 0.1) is 30.9 Å². The van der Waals surface area contributed by atoms with Gasteiger partial charge >= 0.3 is 0 Å². The molecule has 2 amide bonds. The number of fused-ring (bicyclic) bond motifs is 1. The highest BCUT2D eigenvalue weighted by molar-refractivity contribution is 8.01. The van der Waals surface area contributed by atoms with E-state index < -0.39 is 11.2 Å². The molecule has 0 aliphatic carbocycles. The third-order valence-electron chi connectivity index (χ3n) is 7.01. The van der Waals surface area contributed by atoms with E-state index in [4.69, 9.17) is 16.3 Å². The molecular weight excluding hydrogens is 506 g/mol. The molecule has 8 heteroatoms. The molecule has 1 saturated heterocycles. The summed E-state index contributed by atoms with van der Waals surface area (Å²) >= 11 is 7.70. The van der Waals surface area contributed by atoms with Gasteiger partial charge in [-0.25, -0.2) is 0 Å². The lowest BCUT2D eigenvalue weighted by Crippen LogP contribution is -2.53. The van der Waals surface area contributed by atoms with Crippen molar-refractivity contribution in [2.24, 2.45) is 5.92 Å². The first-order chi connectivity index (χ1) is 18.0. The fourth-order valence-corrected chi connectivity index (χ4v) is 6.50. The van der Waals surface area contributed by atoms with Crippen LogP contribution in [0.15, 0.2) is 77.7 Å². The first-order valence-electron chi connectivity index (χ1n) is 12.4. The molecule has 192 valence electrons. The summed E-state index contributed by atoms with van der Waals surface area (Å²) < 4.78 is 5.52. The van der Waals surface area contributed by atoms with Crippen molar-refractivity contribution in [1.29, 1.82) is 0 Å². The topological polar surface area (TPSA) is 53.1 Å². The van der Waals surface area contributed by atoms with Crippen molar-refractivity contribution in [3.8, 4) is 5.75 Å². The number of hydrogen-bond acceptors (Lipinski definition) is 5. The minimum Gasteiger partial charge on any atom is -0.495 e. The molecule has 0 bridgehead atoms. The summed E-state index contributed by atoms with van der Waals surface area (Å²) in [6.45, 7) is 4.94. The molecule has 0 unspecified atom stereocenters. The monoisotopic (exact) mass is 535 g/mol. The first-order valence-corrected chi connectivity index (χ1v) is 13.7. The number of thioether (sulfide) groups is 1. The maximum atomic E-state index is 13.8. The number of nitrogens with zero attached hydrogens (tertiary/aromatic N) is 3. The van der Waals surface area contributed by atoms with E-state index in [1.54, 1.807) is 12.0 Å². The van der Waals surface area contributed by atoms with Gasteiger partial charge in [0.15, 0.2) is 0 Å². The maximum absolute atomic E-state index is 13.8. The van der Waals surface area contributed by atoms with E-state index in [0.29, 0.717) is 37.7 Å². The number of rotatable bonds is 6. The molecule has 0 radical (unpaired) electrons. The highest BCUT2D eigenvalue weighted by Gasteiger charge is 2.41. The van der Waals surface area contributed by atoms with Crippen LogP contribution in [0.2, 0.25) is 5.02 Å². The average molecular weight is 536 g/mol. The number of anilines is 2. The Labute approximate surface area is 227 Å². The van der Waals surface area contributed by atoms with Crippen LogP contribution in [0.3, 0.4) is 0 Å². The van der Waals surface area contributed by atoms with E-state index in [2.05, 4.69) is 4.90 Å². The van der Waals surface area contributed by atoms with Crippen LogP contribution in [-0.4, -0.2) is 55.3 Å². The summed E-state index contributed by atoms with van der Waals surface area (Å²) in [5, 5.41) is 0.144. The Kier molecular flexibility index (Phi) is 7.63. The molecule has 2 heterocycles. The summed E-state index contributed by atoms with van der Waals surface area (Å²) in [5.74, 6) is 0.355. The minimum absolute atomic E-state index is 0.0209. The zero-order valence-electron chi connectivity index (χ0n) is 21.0. The Balaban J connectivity index is 1.31. The Morgan fingerprint density at radius 3 is 2.43 bits per heavy atom. The summed E-state index contributed by atoms with van der Waals surface area (Å²) in [6, 6.07) is 23.4. The number of carbonyl (C=O) groups is 2. The standard InChI is InChI=1S/C29H30ClN3O3S/c1-20(28(34)32-16-14-31(15-17-32)23-10-3-5-12-25(23)36-2)27-29(35)33(19-21-8-7-9-22(30)18-21)24-11-4-6-13-26(24)37-27/h3-13,18,20,27H,14-17,19H2,1-2H3/t20-,27-/m1/s1. The maximum Gasteiger partial charge on any atom is 0.241 e. The fourth-order valence-electron chi connectivity index (χ4n) is 5.01. The second-order valence-electron chi connectivity index (χ2n) is 9.33. The summed E-state index contributed by atoms with van der Waals surface area (Å²) in [7, 11) is 1.67. The van der Waals surface area contributed by atoms with Crippen molar-refractivity contribution >= 4 is 46.6 Å². The highest BCUT2D eigenvalue weighted by atomic mass is 35.5. The lowest BCUT2D eigenvalue weighted by atomic mass is 10.0. The molecule has 2 atom stereocenters. The van der Waals surface area contributed by atoms with Crippen LogP contribution in [0.4, 0.5) is 11.4 Å². The van der Waals surface area contributed by atoms with Gasteiger partial charge in [-0.15, -0.1) is 11.8 Å². The lowest BCUT2D eigenvalue weighted by molar-refractivity contribution is -0.137. The van der Waals surface area contributed by atoms with Gasteiger partial charge in [-0.05, 0) is 42.0 Å². The number of para-hydroxylation sites is 3. The number of benzene rings is 3. The third kappa shape index (κ3) is 5.29. The Bertz CT molecular complexity index is 1290. The average Bonchev–Trinajstić information content (AvgIpc) is 2.93. The van der Waals surface area contributed by atoms with E-state index in [-0.39, 0.29) is 11.8 Å². The molecule has 3 aromatic rings. The van der Waals surface area contributed by atoms with Crippen LogP contribution in [0, 0.1) is 5.92 Å². The molecule has 2 aliphatic heterocycles. The van der Waals surface area contributed by atoms with Gasteiger partial charge in [0.2, 0.25) is 11.8 Å². The number of carbonyl (C=O) groups excluding carboxylic acids is 2. The molecule has 0 saturated carbocycles. The third-order valence-corrected chi connectivity index (χ3v) is 8.71. The van der Waals surface area contributed by atoms with Crippen LogP contribution < -0.4 is 14.5 Å². The van der Waals surface area contributed by atoms with Gasteiger partial charge in [-0.2, -0.15) is 0 Å². The van der Waals surface area contributed by atoms with Gasteiger partial charge in [0.25, 0.3) is 0 Å². The zero-order chi connectivity index (χ0) is 25.9. The van der Waals surface area contributed by atoms with E-state index in [1.165, 1.54) is 11.8 Å². The number of amides is 2. The van der Waals surface area contributed by atoms with Gasteiger partial charge in [0, 0.05) is 36.1 Å². The van der Waals surface area contributed by atoms with Crippen molar-refractivity contribution in [2.45, 2.75) is 23.6 Å². The largest absolute Gasteiger partial charge is 0.495 e. The van der Waals surface area contributed by atoms with E-state index in [0.717, 1.165) is 27.6 Å². The molecule has 0 spiro atoms. The molecule has 1 fully saturated rings. The van der Waals surface area contributed by atoms with Gasteiger partial charge in [-0.3, -0.25) is 9.59 Å². The van der Waals surface area contributed by atoms with E-state index >= 15 is 0 Å². The zero-order valence-corrected chi connectivity index (χ0v) is 22.5. The van der Waals surface area contributed by atoms with Crippen LogP contribution in [0.25, 0.3) is 0 Å². The van der Waals surface area contributed by atoms with Crippen molar-refractivity contribution < 1.29 is 14.3 Å². The molecule has 3 aromatic carbocycles. The van der Waals surface area contributed by atoms with Gasteiger partial charge < -0.3 is 19.4 Å². The van der Waals surface area contributed by atoms with Crippen LogP contribution in [0.5, 0.6) is 5.75 Å². The molecule has 5 rings (SSSR count). The Morgan fingerprint density at radius 2 is 1.70 bits per heavy atom. The number of methoxy groups -OCH3 is 1. The van der Waals surface area contributed by atoms with Crippen molar-refractivity contribution in [3.63, 3.8) is 0 Å². The number of ether oxygens (including phenoxy) is 1. The predicted octanol–water partition coefficient (Wildman–Crippen LogP) is 5.34. The highest BCUT2D eigenvalue weighted by Crippen LogP contribution is 2.43. The molecule has 6 nitrogen and oxygen atoms in total. The quantitative estimate of drug-likeness (QED) is 0.426. The second kappa shape index (κ2) is 11.1. The normalized spacial score (nSPS) is 18.4. The molecule has 2 aliphatic rings. The second-order valence-corrected chi connectivity index (χ2v) is 11.0. The number of halogens is 1. The minimum atomic E-state index is -0.492. The molecule has 0 N–H and O–H groups in total. The van der Waals surface area contributed by atoms with Crippen molar-refractivity contribution in [1.82, 2.24) is 4.90 Å². The van der Waals surface area contributed by atoms with E-state index in [1.807, 2.05) is 84.6 Å². The van der Waals surface area contributed by atoms with Crippen molar-refractivity contribution in [2.75, 3.05) is 43.1 Å². The Hall–Kier alpha value is -3.16. The predicted molar refractivity (Wildman–Crippen MR) is 150 cm³/mol. The van der Waals surface area contributed by atoms with Crippen LogP contribution in [-0.2, 0) is 16.1 Å². The Morgan fingerprint density at radius 1 is 1.00 bits per heavy atom. The first kappa shape index (κ1) is 25.5. The molecule has 0 aromatic heterocycles. The van der Waals surface area contributed by atoms with Crippen LogP contribution in [0.1, 0.15) is 12.5 Å². The van der Waals surface area contributed by atoms with Gasteiger partial charge in [0.1, 0.15) is 11.0 Å². The summed E-state index contributed by atoms with van der Waals surface area (Å²) in [4.78, 5) is 34.4. The summed E-state index contributed by atoms with van der Waals surface area (Å²) in [5.41, 5.74) is 2.86. The SMILES string of the molecule is COc1ccccc1N1CCN(C(=O)[C@H](C)[C@H]2Sc3ccccc3N(Cc3cccc(Cl)c3)C2=O)CC1. The lowest BCUT2D eigenvalue weighted by Gasteiger charge is -2.40. The summed E-state index contributed by atoms with van der Waals surface area (Å²) in [6.07, 6.45) is 0.